The van der Waals surface area contributed by atoms with E-state index in [9.17, 15) is 0 Å². The standard InChI is InChI=1S/C17H30BrN3/c1-5-14-17(18)16(21(7-3)20-14)11-15(19-6-2)13-10-8-9-12(13)4/h12-13,15,19H,5-11H2,1-4H3. The summed E-state index contributed by atoms with van der Waals surface area (Å²) in [7, 11) is 0. The second kappa shape index (κ2) is 7.77. The first-order valence-corrected chi connectivity index (χ1v) is 9.38. The van der Waals surface area contributed by atoms with Crippen molar-refractivity contribution < 1.29 is 0 Å². The minimum atomic E-state index is 0.579. The van der Waals surface area contributed by atoms with Gasteiger partial charge in [0, 0.05) is 19.0 Å². The van der Waals surface area contributed by atoms with Crippen LogP contribution in [0.3, 0.4) is 0 Å². The number of hydrogen-bond donors (Lipinski definition) is 1. The molecule has 3 atom stereocenters. The molecule has 1 saturated carbocycles. The highest BCUT2D eigenvalue weighted by Gasteiger charge is 2.31. The van der Waals surface area contributed by atoms with E-state index in [1.54, 1.807) is 0 Å². The Labute approximate surface area is 138 Å². The van der Waals surface area contributed by atoms with Gasteiger partial charge in [0.2, 0.25) is 0 Å². The molecule has 2 rings (SSSR count). The van der Waals surface area contributed by atoms with Gasteiger partial charge in [-0.3, -0.25) is 4.68 Å². The number of halogens is 1. The van der Waals surface area contributed by atoms with Crippen molar-refractivity contribution in [3.05, 3.63) is 15.9 Å². The Bertz CT molecular complexity index is 455. The zero-order valence-electron chi connectivity index (χ0n) is 14.0. The van der Waals surface area contributed by atoms with Crippen LogP contribution in [0.2, 0.25) is 0 Å². The van der Waals surface area contributed by atoms with Crippen molar-refractivity contribution in [3.63, 3.8) is 0 Å². The maximum atomic E-state index is 4.75. The molecule has 0 aliphatic heterocycles. The van der Waals surface area contributed by atoms with Gasteiger partial charge in [-0.25, -0.2) is 0 Å². The van der Waals surface area contributed by atoms with Crippen LogP contribution >= 0.6 is 15.9 Å². The molecule has 4 heteroatoms. The van der Waals surface area contributed by atoms with E-state index in [2.05, 4.69) is 53.6 Å². The third kappa shape index (κ3) is 3.70. The normalized spacial score (nSPS) is 23.7. The minimum Gasteiger partial charge on any atom is -0.314 e. The summed E-state index contributed by atoms with van der Waals surface area (Å²) in [6, 6.07) is 0.579. The summed E-state index contributed by atoms with van der Waals surface area (Å²) < 4.78 is 3.42. The first-order valence-electron chi connectivity index (χ1n) is 8.59. The molecule has 120 valence electrons. The number of aromatic nitrogens is 2. The Hall–Kier alpha value is -0.350. The molecule has 1 aromatic heterocycles. The van der Waals surface area contributed by atoms with Crippen LogP contribution in [0.5, 0.6) is 0 Å². The molecule has 0 amide bonds. The van der Waals surface area contributed by atoms with Crippen molar-refractivity contribution in [2.75, 3.05) is 6.54 Å². The summed E-state index contributed by atoms with van der Waals surface area (Å²) in [5.41, 5.74) is 2.57. The highest BCUT2D eigenvalue weighted by atomic mass is 79.9. The van der Waals surface area contributed by atoms with Crippen molar-refractivity contribution in [1.82, 2.24) is 15.1 Å². The van der Waals surface area contributed by atoms with Gasteiger partial charge in [-0.15, -0.1) is 0 Å². The number of likely N-dealkylation sites (N-methyl/N-ethyl adjacent to an activating group) is 1. The van der Waals surface area contributed by atoms with Gasteiger partial charge in [0.1, 0.15) is 0 Å². The Morgan fingerprint density at radius 3 is 2.62 bits per heavy atom. The highest BCUT2D eigenvalue weighted by molar-refractivity contribution is 9.10. The topological polar surface area (TPSA) is 29.9 Å². The van der Waals surface area contributed by atoms with Crippen LogP contribution in [0, 0.1) is 11.8 Å². The summed E-state index contributed by atoms with van der Waals surface area (Å²) in [5.74, 6) is 1.65. The lowest BCUT2D eigenvalue weighted by atomic mass is 9.87. The van der Waals surface area contributed by atoms with Crippen LogP contribution in [0.25, 0.3) is 0 Å². The van der Waals surface area contributed by atoms with Crippen molar-refractivity contribution in [3.8, 4) is 0 Å². The van der Waals surface area contributed by atoms with Gasteiger partial charge in [-0.2, -0.15) is 5.10 Å². The van der Waals surface area contributed by atoms with Gasteiger partial charge in [-0.05, 0) is 54.1 Å². The number of nitrogens with zero attached hydrogens (tertiary/aromatic N) is 2. The van der Waals surface area contributed by atoms with Crippen LogP contribution in [-0.2, 0) is 19.4 Å². The maximum absolute atomic E-state index is 4.75. The number of aryl methyl sites for hydroxylation is 2. The van der Waals surface area contributed by atoms with Crippen molar-refractivity contribution in [2.24, 2.45) is 11.8 Å². The van der Waals surface area contributed by atoms with E-state index in [0.29, 0.717) is 6.04 Å². The SMILES string of the molecule is CCNC(Cc1c(Br)c(CC)nn1CC)C1CCCC1C. The number of hydrogen-bond acceptors (Lipinski definition) is 2. The second-order valence-electron chi connectivity index (χ2n) is 6.32. The van der Waals surface area contributed by atoms with Crippen molar-refractivity contribution in [2.45, 2.75) is 72.4 Å². The van der Waals surface area contributed by atoms with E-state index >= 15 is 0 Å². The van der Waals surface area contributed by atoms with Crippen molar-refractivity contribution >= 4 is 15.9 Å². The van der Waals surface area contributed by atoms with E-state index in [0.717, 1.165) is 37.8 Å². The molecule has 3 nitrogen and oxygen atoms in total. The fourth-order valence-corrected chi connectivity index (χ4v) is 4.56. The van der Waals surface area contributed by atoms with E-state index in [4.69, 9.17) is 5.10 Å². The smallest absolute Gasteiger partial charge is 0.0766 e. The zero-order valence-corrected chi connectivity index (χ0v) is 15.5. The number of rotatable bonds is 7. The Morgan fingerprint density at radius 2 is 2.10 bits per heavy atom. The maximum Gasteiger partial charge on any atom is 0.0766 e. The molecule has 1 heterocycles. The third-order valence-corrected chi connectivity index (χ3v) is 5.93. The third-order valence-electron chi connectivity index (χ3n) is 5.02. The van der Waals surface area contributed by atoms with Gasteiger partial charge in [0.25, 0.3) is 0 Å². The zero-order chi connectivity index (χ0) is 15.4. The molecule has 1 aromatic rings. The predicted octanol–water partition coefficient (Wildman–Crippen LogP) is 4.18. The second-order valence-corrected chi connectivity index (χ2v) is 7.11. The highest BCUT2D eigenvalue weighted by Crippen LogP contribution is 2.35. The Balaban J connectivity index is 2.22. The summed E-state index contributed by atoms with van der Waals surface area (Å²) in [6.07, 6.45) is 6.23. The lowest BCUT2D eigenvalue weighted by molar-refractivity contribution is 0.294. The summed E-state index contributed by atoms with van der Waals surface area (Å²) in [5, 5.41) is 8.49. The van der Waals surface area contributed by atoms with E-state index < -0.39 is 0 Å². The molecule has 0 saturated heterocycles. The van der Waals surface area contributed by atoms with Crippen LogP contribution in [0.15, 0.2) is 4.47 Å². The summed E-state index contributed by atoms with van der Waals surface area (Å²) in [4.78, 5) is 0. The lowest BCUT2D eigenvalue weighted by Gasteiger charge is -2.28. The first-order chi connectivity index (χ1) is 10.1. The largest absolute Gasteiger partial charge is 0.314 e. The molecule has 0 radical (unpaired) electrons. The molecule has 1 N–H and O–H groups in total. The molecule has 1 aliphatic rings. The lowest BCUT2D eigenvalue weighted by Crippen LogP contribution is -2.39. The molecule has 0 aromatic carbocycles. The quantitative estimate of drug-likeness (QED) is 0.794. The molecule has 21 heavy (non-hydrogen) atoms. The molecule has 1 aliphatic carbocycles. The van der Waals surface area contributed by atoms with Crippen LogP contribution in [-0.4, -0.2) is 22.4 Å². The Morgan fingerprint density at radius 1 is 1.33 bits per heavy atom. The van der Waals surface area contributed by atoms with Gasteiger partial charge < -0.3 is 5.32 Å². The summed E-state index contributed by atoms with van der Waals surface area (Å²) >= 11 is 3.80. The minimum absolute atomic E-state index is 0.579. The van der Waals surface area contributed by atoms with Crippen LogP contribution < -0.4 is 5.32 Å². The predicted molar refractivity (Wildman–Crippen MR) is 92.7 cm³/mol. The van der Waals surface area contributed by atoms with Gasteiger partial charge in [-0.1, -0.05) is 33.6 Å². The van der Waals surface area contributed by atoms with Gasteiger partial charge in [0.15, 0.2) is 0 Å². The molecule has 1 fully saturated rings. The van der Waals surface area contributed by atoms with E-state index in [1.165, 1.54) is 35.1 Å². The van der Waals surface area contributed by atoms with Gasteiger partial charge >= 0.3 is 0 Å². The average molecular weight is 356 g/mol. The summed E-state index contributed by atoms with van der Waals surface area (Å²) in [6.45, 7) is 11.0. The van der Waals surface area contributed by atoms with E-state index in [-0.39, 0.29) is 0 Å². The molecule has 3 unspecified atom stereocenters. The van der Waals surface area contributed by atoms with Gasteiger partial charge in [0.05, 0.1) is 15.9 Å². The fourth-order valence-electron chi connectivity index (χ4n) is 3.83. The fraction of sp³-hybridized carbons (Fsp3) is 0.824. The number of nitrogens with one attached hydrogen (secondary N) is 1. The van der Waals surface area contributed by atoms with Crippen LogP contribution in [0.4, 0.5) is 0 Å². The monoisotopic (exact) mass is 355 g/mol. The first kappa shape index (κ1) is 17.0. The van der Waals surface area contributed by atoms with Crippen LogP contribution in [0.1, 0.15) is 58.3 Å². The van der Waals surface area contributed by atoms with E-state index in [1.807, 2.05) is 0 Å². The molecular weight excluding hydrogens is 326 g/mol. The Kier molecular flexibility index (Phi) is 6.30. The molecule has 0 spiro atoms. The average Bonchev–Trinajstić information content (AvgIpc) is 3.03. The molecule has 0 bridgehead atoms. The molecular formula is C17H30BrN3. The van der Waals surface area contributed by atoms with Crippen molar-refractivity contribution in [1.29, 1.82) is 0 Å².